The minimum atomic E-state index is -0.711. The first-order valence-electron chi connectivity index (χ1n) is 5.04. The topological polar surface area (TPSA) is 37.3 Å². The van der Waals surface area contributed by atoms with Crippen molar-refractivity contribution in [3.63, 3.8) is 0 Å². The van der Waals surface area contributed by atoms with E-state index in [4.69, 9.17) is 5.11 Å². The molecule has 0 aliphatic rings. The predicted octanol–water partition coefficient (Wildman–Crippen LogP) is 3.49. The zero-order chi connectivity index (χ0) is 11.3. The van der Waals surface area contributed by atoms with Gasteiger partial charge in [0.15, 0.2) is 0 Å². The largest absolute Gasteiger partial charge is 0.481 e. The lowest BCUT2D eigenvalue weighted by Crippen LogP contribution is -2.05. The van der Waals surface area contributed by atoms with Crippen LogP contribution < -0.4 is 0 Å². The Kier molecular flexibility index (Phi) is 4.82. The fraction of sp³-hybridized carbons (Fsp3) is 0.417. The van der Waals surface area contributed by atoms with Crippen LogP contribution in [0, 0.1) is 5.92 Å². The van der Waals surface area contributed by atoms with Crippen LogP contribution in [0.15, 0.2) is 28.7 Å². The molecule has 0 spiro atoms. The first-order chi connectivity index (χ1) is 7.08. The molecule has 0 fully saturated rings. The lowest BCUT2D eigenvalue weighted by Gasteiger charge is -2.08. The molecule has 0 radical (unpaired) electrons. The fourth-order valence-electron chi connectivity index (χ4n) is 1.51. The first-order valence-corrected chi connectivity index (χ1v) is 5.83. The Labute approximate surface area is 98.4 Å². The van der Waals surface area contributed by atoms with E-state index in [1.54, 1.807) is 0 Å². The molecule has 3 heteroatoms. The zero-order valence-electron chi connectivity index (χ0n) is 8.74. The van der Waals surface area contributed by atoms with Gasteiger partial charge in [-0.1, -0.05) is 35.0 Å². The van der Waals surface area contributed by atoms with Crippen molar-refractivity contribution in [3.05, 3.63) is 34.3 Å². The second-order valence-corrected chi connectivity index (χ2v) is 4.79. The second-order valence-electron chi connectivity index (χ2n) is 3.87. The van der Waals surface area contributed by atoms with Crippen molar-refractivity contribution in [2.45, 2.75) is 26.2 Å². The standard InChI is InChI=1S/C12H15BrO2/c1-9(7-12(14)15)5-6-10-3-2-4-11(13)8-10/h2-4,8-9H,5-7H2,1H3,(H,14,15). The molecule has 2 nitrogen and oxygen atoms in total. The Morgan fingerprint density at radius 3 is 2.87 bits per heavy atom. The van der Waals surface area contributed by atoms with Crippen LogP contribution in [0.4, 0.5) is 0 Å². The normalized spacial score (nSPS) is 12.4. The van der Waals surface area contributed by atoms with Crippen LogP contribution in [0.25, 0.3) is 0 Å². The molecule has 82 valence electrons. The number of hydrogen-bond donors (Lipinski definition) is 1. The Balaban J connectivity index is 2.40. The van der Waals surface area contributed by atoms with Crippen LogP contribution in [0.5, 0.6) is 0 Å². The number of benzene rings is 1. The van der Waals surface area contributed by atoms with Gasteiger partial charge in [-0.25, -0.2) is 0 Å². The average molecular weight is 271 g/mol. The van der Waals surface area contributed by atoms with Crippen molar-refractivity contribution >= 4 is 21.9 Å². The number of carboxylic acids is 1. The van der Waals surface area contributed by atoms with E-state index in [0.29, 0.717) is 0 Å². The molecule has 0 aliphatic heterocycles. The van der Waals surface area contributed by atoms with Crippen molar-refractivity contribution in [2.75, 3.05) is 0 Å². The Bertz CT molecular complexity index is 336. The zero-order valence-corrected chi connectivity index (χ0v) is 10.3. The van der Waals surface area contributed by atoms with E-state index in [1.807, 2.05) is 19.1 Å². The lowest BCUT2D eigenvalue weighted by atomic mass is 9.98. The van der Waals surface area contributed by atoms with E-state index in [-0.39, 0.29) is 12.3 Å². The van der Waals surface area contributed by atoms with Gasteiger partial charge in [0.2, 0.25) is 0 Å². The van der Waals surface area contributed by atoms with E-state index < -0.39 is 5.97 Å². The highest BCUT2D eigenvalue weighted by atomic mass is 79.9. The van der Waals surface area contributed by atoms with Crippen LogP contribution in [0.3, 0.4) is 0 Å². The van der Waals surface area contributed by atoms with Crippen molar-refractivity contribution in [1.82, 2.24) is 0 Å². The van der Waals surface area contributed by atoms with Crippen LogP contribution in [0.2, 0.25) is 0 Å². The van der Waals surface area contributed by atoms with E-state index in [9.17, 15) is 4.79 Å². The van der Waals surface area contributed by atoms with Crippen molar-refractivity contribution < 1.29 is 9.90 Å². The first kappa shape index (κ1) is 12.2. The molecule has 1 aromatic carbocycles. The molecule has 1 N–H and O–H groups in total. The van der Waals surface area contributed by atoms with E-state index in [0.717, 1.165) is 17.3 Å². The van der Waals surface area contributed by atoms with E-state index >= 15 is 0 Å². The van der Waals surface area contributed by atoms with Crippen LogP contribution in [0.1, 0.15) is 25.3 Å². The number of aliphatic carboxylic acids is 1. The van der Waals surface area contributed by atoms with Crippen molar-refractivity contribution in [1.29, 1.82) is 0 Å². The van der Waals surface area contributed by atoms with Gasteiger partial charge in [-0.05, 0) is 36.5 Å². The smallest absolute Gasteiger partial charge is 0.303 e. The third kappa shape index (κ3) is 4.98. The SMILES string of the molecule is CC(CCc1cccc(Br)c1)CC(=O)O. The Morgan fingerprint density at radius 1 is 1.53 bits per heavy atom. The maximum absolute atomic E-state index is 10.5. The highest BCUT2D eigenvalue weighted by molar-refractivity contribution is 9.10. The molecule has 1 rings (SSSR count). The molecular formula is C12H15BrO2. The second kappa shape index (κ2) is 5.91. The summed E-state index contributed by atoms with van der Waals surface area (Å²) in [6.45, 7) is 1.98. The molecule has 0 amide bonds. The maximum Gasteiger partial charge on any atom is 0.303 e. The summed E-state index contributed by atoms with van der Waals surface area (Å²) in [6, 6.07) is 8.14. The minimum absolute atomic E-state index is 0.237. The molecular weight excluding hydrogens is 256 g/mol. The molecule has 0 saturated carbocycles. The van der Waals surface area contributed by atoms with Gasteiger partial charge in [-0.15, -0.1) is 0 Å². The number of aryl methyl sites for hydroxylation is 1. The summed E-state index contributed by atoms with van der Waals surface area (Å²) in [5.74, 6) is -0.474. The van der Waals surface area contributed by atoms with Crippen LogP contribution in [-0.4, -0.2) is 11.1 Å². The summed E-state index contributed by atoms with van der Waals surface area (Å²) in [5.41, 5.74) is 1.25. The number of carbonyl (C=O) groups is 1. The van der Waals surface area contributed by atoms with Gasteiger partial charge in [-0.3, -0.25) is 4.79 Å². The molecule has 0 aromatic heterocycles. The summed E-state index contributed by atoms with van der Waals surface area (Å²) >= 11 is 3.42. The minimum Gasteiger partial charge on any atom is -0.481 e. The number of hydrogen-bond acceptors (Lipinski definition) is 1. The third-order valence-corrected chi connectivity index (χ3v) is 2.83. The lowest BCUT2D eigenvalue weighted by molar-refractivity contribution is -0.138. The van der Waals surface area contributed by atoms with Gasteiger partial charge in [0.05, 0.1) is 0 Å². The summed E-state index contributed by atoms with van der Waals surface area (Å²) in [6.07, 6.45) is 2.12. The number of rotatable bonds is 5. The fourth-order valence-corrected chi connectivity index (χ4v) is 1.95. The molecule has 0 saturated heterocycles. The van der Waals surface area contributed by atoms with Gasteiger partial charge in [0.1, 0.15) is 0 Å². The summed E-state index contributed by atoms with van der Waals surface area (Å²) in [4.78, 5) is 10.5. The molecule has 1 unspecified atom stereocenters. The summed E-state index contributed by atoms with van der Waals surface area (Å²) < 4.78 is 1.07. The van der Waals surface area contributed by atoms with E-state index in [1.165, 1.54) is 5.56 Å². The van der Waals surface area contributed by atoms with Crippen LogP contribution in [-0.2, 0) is 11.2 Å². The maximum atomic E-state index is 10.5. The van der Waals surface area contributed by atoms with Gasteiger partial charge < -0.3 is 5.11 Å². The van der Waals surface area contributed by atoms with Gasteiger partial charge in [0.25, 0.3) is 0 Å². The predicted molar refractivity (Wildman–Crippen MR) is 63.9 cm³/mol. The van der Waals surface area contributed by atoms with Gasteiger partial charge in [-0.2, -0.15) is 0 Å². The number of carboxylic acid groups (broad SMARTS) is 1. The Morgan fingerprint density at radius 2 is 2.27 bits per heavy atom. The summed E-state index contributed by atoms with van der Waals surface area (Å²) in [5, 5.41) is 8.62. The quantitative estimate of drug-likeness (QED) is 0.890. The van der Waals surface area contributed by atoms with E-state index in [2.05, 4.69) is 28.1 Å². The molecule has 1 atom stereocenters. The highest BCUT2D eigenvalue weighted by Gasteiger charge is 2.07. The number of halogens is 1. The molecule has 1 aromatic rings. The highest BCUT2D eigenvalue weighted by Crippen LogP contribution is 2.16. The van der Waals surface area contributed by atoms with Gasteiger partial charge >= 0.3 is 5.97 Å². The molecule has 15 heavy (non-hydrogen) atoms. The third-order valence-electron chi connectivity index (χ3n) is 2.34. The van der Waals surface area contributed by atoms with Crippen LogP contribution >= 0.6 is 15.9 Å². The molecule has 0 aliphatic carbocycles. The molecule has 0 heterocycles. The van der Waals surface area contributed by atoms with Crippen molar-refractivity contribution in [2.24, 2.45) is 5.92 Å². The Hall–Kier alpha value is -0.830. The monoisotopic (exact) mass is 270 g/mol. The average Bonchev–Trinajstić information content (AvgIpc) is 2.14. The summed E-state index contributed by atoms with van der Waals surface area (Å²) in [7, 11) is 0. The molecule has 0 bridgehead atoms. The van der Waals surface area contributed by atoms with Crippen molar-refractivity contribution in [3.8, 4) is 0 Å². The van der Waals surface area contributed by atoms with Gasteiger partial charge in [0, 0.05) is 10.9 Å².